The Bertz CT molecular complexity index is 451. The third-order valence-corrected chi connectivity index (χ3v) is 1.69. The molecule has 0 saturated carbocycles. The molecule has 0 aliphatic rings. The summed E-state index contributed by atoms with van der Waals surface area (Å²) in [4.78, 5) is 15.0. The molecule has 13 heavy (non-hydrogen) atoms. The van der Waals surface area contributed by atoms with Gasteiger partial charge in [-0.15, -0.1) is 0 Å². The SMILES string of the molecule is S=c1ccnc(-c2ncccn2)[nH]1. The minimum Gasteiger partial charge on any atom is -0.328 e. The van der Waals surface area contributed by atoms with E-state index >= 15 is 0 Å². The Morgan fingerprint density at radius 3 is 2.54 bits per heavy atom. The number of rotatable bonds is 1. The normalized spacial score (nSPS) is 9.85. The number of nitrogens with zero attached hydrogens (tertiary/aromatic N) is 3. The Morgan fingerprint density at radius 1 is 1.08 bits per heavy atom. The van der Waals surface area contributed by atoms with Crippen LogP contribution in [-0.4, -0.2) is 19.9 Å². The molecule has 64 valence electrons. The summed E-state index contributed by atoms with van der Waals surface area (Å²) in [6, 6.07) is 3.46. The van der Waals surface area contributed by atoms with Crippen molar-refractivity contribution in [1.82, 2.24) is 19.9 Å². The van der Waals surface area contributed by atoms with Gasteiger partial charge in [0.25, 0.3) is 0 Å². The lowest BCUT2D eigenvalue weighted by Crippen LogP contribution is -1.92. The van der Waals surface area contributed by atoms with Crippen LogP contribution in [0.2, 0.25) is 0 Å². The van der Waals surface area contributed by atoms with Crippen molar-refractivity contribution in [3.63, 3.8) is 0 Å². The molecule has 2 rings (SSSR count). The van der Waals surface area contributed by atoms with Crippen LogP contribution in [0.5, 0.6) is 0 Å². The van der Waals surface area contributed by atoms with E-state index in [4.69, 9.17) is 12.2 Å². The monoisotopic (exact) mass is 190 g/mol. The van der Waals surface area contributed by atoms with E-state index in [0.29, 0.717) is 16.3 Å². The lowest BCUT2D eigenvalue weighted by molar-refractivity contribution is 1.07. The molecular weight excluding hydrogens is 184 g/mol. The zero-order valence-corrected chi connectivity index (χ0v) is 7.45. The number of aromatic nitrogens is 4. The molecule has 2 heterocycles. The zero-order valence-electron chi connectivity index (χ0n) is 6.64. The summed E-state index contributed by atoms with van der Waals surface area (Å²) in [5.41, 5.74) is 0. The van der Waals surface area contributed by atoms with E-state index in [2.05, 4.69) is 19.9 Å². The van der Waals surface area contributed by atoms with Gasteiger partial charge in [-0.2, -0.15) is 0 Å². The van der Waals surface area contributed by atoms with Gasteiger partial charge in [0.2, 0.25) is 0 Å². The molecule has 0 fully saturated rings. The minimum absolute atomic E-state index is 0.550. The molecule has 0 aliphatic heterocycles. The first-order valence-electron chi connectivity index (χ1n) is 3.69. The van der Waals surface area contributed by atoms with Crippen LogP contribution < -0.4 is 0 Å². The summed E-state index contributed by atoms with van der Waals surface area (Å²) in [6.45, 7) is 0. The number of H-pyrrole nitrogens is 1. The van der Waals surface area contributed by atoms with Gasteiger partial charge in [-0.25, -0.2) is 15.0 Å². The molecule has 0 saturated heterocycles. The second kappa shape index (κ2) is 3.40. The highest BCUT2D eigenvalue weighted by Crippen LogP contribution is 2.04. The molecule has 0 spiro atoms. The van der Waals surface area contributed by atoms with Crippen LogP contribution in [0, 0.1) is 4.64 Å². The molecule has 0 unspecified atom stereocenters. The van der Waals surface area contributed by atoms with Crippen LogP contribution in [0.4, 0.5) is 0 Å². The molecule has 2 aromatic rings. The molecule has 0 amide bonds. The van der Waals surface area contributed by atoms with Gasteiger partial charge in [0.05, 0.1) is 0 Å². The van der Waals surface area contributed by atoms with Crippen molar-refractivity contribution in [2.75, 3.05) is 0 Å². The molecule has 5 heteroatoms. The topological polar surface area (TPSA) is 54.5 Å². The fourth-order valence-corrected chi connectivity index (χ4v) is 1.06. The van der Waals surface area contributed by atoms with Crippen molar-refractivity contribution in [2.45, 2.75) is 0 Å². The average molecular weight is 190 g/mol. The molecule has 0 radical (unpaired) electrons. The van der Waals surface area contributed by atoms with Gasteiger partial charge < -0.3 is 4.98 Å². The van der Waals surface area contributed by atoms with Crippen LogP contribution in [0.3, 0.4) is 0 Å². The molecule has 0 atom stereocenters. The predicted molar refractivity (Wildman–Crippen MR) is 50.4 cm³/mol. The second-order valence-electron chi connectivity index (χ2n) is 2.36. The van der Waals surface area contributed by atoms with Crippen LogP contribution in [0.1, 0.15) is 0 Å². The lowest BCUT2D eigenvalue weighted by atomic mass is 10.5. The number of nitrogens with one attached hydrogen (secondary N) is 1. The first kappa shape index (κ1) is 8.00. The molecule has 4 nitrogen and oxygen atoms in total. The summed E-state index contributed by atoms with van der Waals surface area (Å²) in [7, 11) is 0. The van der Waals surface area contributed by atoms with Crippen LogP contribution in [0.25, 0.3) is 11.6 Å². The Balaban J connectivity index is 2.54. The Morgan fingerprint density at radius 2 is 1.85 bits per heavy atom. The highest BCUT2D eigenvalue weighted by Gasteiger charge is 1.99. The highest BCUT2D eigenvalue weighted by molar-refractivity contribution is 7.71. The van der Waals surface area contributed by atoms with E-state index in [1.807, 2.05) is 0 Å². The van der Waals surface area contributed by atoms with Crippen molar-refractivity contribution < 1.29 is 0 Å². The summed E-state index contributed by atoms with van der Waals surface area (Å²) in [5, 5.41) is 0. The van der Waals surface area contributed by atoms with Crippen LogP contribution in [0.15, 0.2) is 30.7 Å². The Hall–Kier alpha value is -1.62. The van der Waals surface area contributed by atoms with Crippen molar-refractivity contribution in [2.24, 2.45) is 0 Å². The largest absolute Gasteiger partial charge is 0.328 e. The first-order chi connectivity index (χ1) is 6.36. The van der Waals surface area contributed by atoms with Gasteiger partial charge in [-0.1, -0.05) is 12.2 Å². The molecule has 0 aliphatic carbocycles. The van der Waals surface area contributed by atoms with Gasteiger partial charge in [-0.3, -0.25) is 0 Å². The van der Waals surface area contributed by atoms with E-state index in [1.54, 1.807) is 30.7 Å². The second-order valence-corrected chi connectivity index (χ2v) is 2.79. The summed E-state index contributed by atoms with van der Waals surface area (Å²) in [5.74, 6) is 1.14. The van der Waals surface area contributed by atoms with Gasteiger partial charge in [-0.05, 0) is 12.1 Å². The van der Waals surface area contributed by atoms with E-state index in [9.17, 15) is 0 Å². The quantitative estimate of drug-likeness (QED) is 0.694. The maximum atomic E-state index is 4.95. The molecule has 2 aromatic heterocycles. The van der Waals surface area contributed by atoms with Crippen LogP contribution >= 0.6 is 12.2 Å². The van der Waals surface area contributed by atoms with Gasteiger partial charge in [0.1, 0.15) is 4.64 Å². The maximum absolute atomic E-state index is 4.95. The molecule has 1 N–H and O–H groups in total. The van der Waals surface area contributed by atoms with Gasteiger partial charge in [0, 0.05) is 18.6 Å². The predicted octanol–water partition coefficient (Wildman–Crippen LogP) is 1.60. The van der Waals surface area contributed by atoms with E-state index < -0.39 is 0 Å². The third kappa shape index (κ3) is 1.75. The van der Waals surface area contributed by atoms with E-state index in [1.165, 1.54) is 0 Å². The Labute approximate surface area is 79.7 Å². The Kier molecular flexibility index (Phi) is 2.09. The molecule has 0 aromatic carbocycles. The van der Waals surface area contributed by atoms with Crippen molar-refractivity contribution >= 4 is 12.2 Å². The zero-order chi connectivity index (χ0) is 9.10. The summed E-state index contributed by atoms with van der Waals surface area (Å²) in [6.07, 6.45) is 4.95. The van der Waals surface area contributed by atoms with Crippen molar-refractivity contribution in [3.8, 4) is 11.6 Å². The molecular formula is C8H6N4S. The fraction of sp³-hybridized carbons (Fsp3) is 0. The lowest BCUT2D eigenvalue weighted by Gasteiger charge is -1.96. The van der Waals surface area contributed by atoms with E-state index in [-0.39, 0.29) is 0 Å². The highest BCUT2D eigenvalue weighted by atomic mass is 32.1. The van der Waals surface area contributed by atoms with Crippen LogP contribution in [-0.2, 0) is 0 Å². The standard InChI is InChI=1S/C8H6N4S/c13-6-2-5-11-8(12-6)7-9-3-1-4-10-7/h1-5H,(H,11,12,13). The number of aromatic amines is 1. The molecule has 0 bridgehead atoms. The summed E-state index contributed by atoms with van der Waals surface area (Å²) >= 11 is 4.95. The first-order valence-corrected chi connectivity index (χ1v) is 4.10. The summed E-state index contributed by atoms with van der Waals surface area (Å²) < 4.78 is 0.623. The number of hydrogen-bond donors (Lipinski definition) is 1. The smallest absolute Gasteiger partial charge is 0.195 e. The average Bonchev–Trinajstić information content (AvgIpc) is 2.19. The van der Waals surface area contributed by atoms with Crippen molar-refractivity contribution in [1.29, 1.82) is 0 Å². The van der Waals surface area contributed by atoms with Crippen molar-refractivity contribution in [3.05, 3.63) is 35.4 Å². The number of hydrogen-bond acceptors (Lipinski definition) is 4. The maximum Gasteiger partial charge on any atom is 0.195 e. The minimum atomic E-state index is 0.550. The third-order valence-electron chi connectivity index (χ3n) is 1.45. The van der Waals surface area contributed by atoms with Gasteiger partial charge in [0.15, 0.2) is 11.6 Å². The fourth-order valence-electron chi connectivity index (χ4n) is 0.905. The van der Waals surface area contributed by atoms with E-state index in [0.717, 1.165) is 0 Å². The van der Waals surface area contributed by atoms with Gasteiger partial charge >= 0.3 is 0 Å².